The van der Waals surface area contributed by atoms with Gasteiger partial charge in [-0.05, 0) is 11.1 Å². The maximum absolute atomic E-state index is 3.87. The molecule has 0 bridgehead atoms. The molecule has 2 aromatic carbocycles. The average Bonchev–Trinajstić information content (AvgIpc) is 2.41. The Kier molecular flexibility index (Phi) is 4.73. The van der Waals surface area contributed by atoms with Crippen molar-refractivity contribution in [2.24, 2.45) is 0 Å². The van der Waals surface area contributed by atoms with E-state index < -0.39 is 0 Å². The van der Waals surface area contributed by atoms with Gasteiger partial charge in [0.1, 0.15) is 0 Å². The highest BCUT2D eigenvalue weighted by atomic mass is 79.9. The Hall–Kier alpha value is -1.38. The molecule has 2 rings (SSSR count). The first kappa shape index (κ1) is 13.1. The molecule has 18 heavy (non-hydrogen) atoms. The Bertz CT molecular complexity index is 454. The van der Waals surface area contributed by atoms with E-state index >= 15 is 0 Å². The zero-order valence-electron chi connectivity index (χ0n) is 10.1. The monoisotopic (exact) mass is 301 g/mol. The molecule has 0 heterocycles. The minimum absolute atomic E-state index is 0.196. The molecule has 0 fully saturated rings. The molecule has 0 saturated carbocycles. The number of halogens is 1. The number of hydrogen-bond acceptors (Lipinski definition) is 1. The first-order valence-corrected chi connectivity index (χ1v) is 6.73. The molecule has 0 aromatic heterocycles. The topological polar surface area (TPSA) is 12.0 Å². The van der Waals surface area contributed by atoms with Crippen LogP contribution in [0.3, 0.4) is 0 Å². The van der Waals surface area contributed by atoms with Crippen LogP contribution < -0.4 is 5.32 Å². The molecule has 1 nitrogen and oxygen atoms in total. The summed E-state index contributed by atoms with van der Waals surface area (Å²) in [4.78, 5) is 0. The van der Waals surface area contributed by atoms with Gasteiger partial charge in [0.15, 0.2) is 0 Å². The Labute approximate surface area is 117 Å². The first-order valence-electron chi connectivity index (χ1n) is 5.94. The molecule has 2 heteroatoms. The molecular weight excluding hydrogens is 286 g/mol. The zero-order chi connectivity index (χ0) is 12.8. The van der Waals surface area contributed by atoms with Crippen molar-refractivity contribution in [2.75, 3.05) is 6.54 Å². The summed E-state index contributed by atoms with van der Waals surface area (Å²) in [5, 5.41) is 3.51. The quantitative estimate of drug-likeness (QED) is 0.869. The first-order chi connectivity index (χ1) is 8.77. The van der Waals surface area contributed by atoms with Gasteiger partial charge in [0, 0.05) is 11.0 Å². The van der Waals surface area contributed by atoms with Crippen molar-refractivity contribution in [3.8, 4) is 0 Å². The van der Waals surface area contributed by atoms with Crippen LogP contribution in [0.4, 0.5) is 0 Å². The van der Waals surface area contributed by atoms with Crippen LogP contribution in [0.2, 0.25) is 0 Å². The molecule has 0 atom stereocenters. The Balaban J connectivity index is 2.26. The fourth-order valence-electron chi connectivity index (χ4n) is 1.93. The Morgan fingerprint density at radius 3 is 1.78 bits per heavy atom. The molecule has 0 unspecified atom stereocenters. The third-order valence-corrected chi connectivity index (χ3v) is 3.04. The number of rotatable bonds is 5. The van der Waals surface area contributed by atoms with E-state index in [0.717, 1.165) is 11.0 Å². The van der Waals surface area contributed by atoms with Crippen LogP contribution in [0.5, 0.6) is 0 Å². The molecule has 0 aliphatic carbocycles. The molecule has 92 valence electrons. The molecule has 1 N–H and O–H groups in total. The largest absolute Gasteiger partial charge is 0.302 e. The van der Waals surface area contributed by atoms with Gasteiger partial charge in [0.05, 0.1) is 6.04 Å². The highest BCUT2D eigenvalue weighted by Crippen LogP contribution is 2.22. The van der Waals surface area contributed by atoms with E-state index in [9.17, 15) is 0 Å². The second kappa shape index (κ2) is 6.53. The fraction of sp³-hybridized carbons (Fsp3) is 0.125. The third kappa shape index (κ3) is 3.56. The van der Waals surface area contributed by atoms with E-state index in [2.05, 4.69) is 76.4 Å². The average molecular weight is 302 g/mol. The second-order valence-corrected chi connectivity index (χ2v) is 5.27. The van der Waals surface area contributed by atoms with Gasteiger partial charge in [0.2, 0.25) is 0 Å². The SMILES string of the molecule is C=C(Br)CNC(c1ccccc1)c1ccccc1. The van der Waals surface area contributed by atoms with Crippen molar-refractivity contribution in [1.29, 1.82) is 0 Å². The van der Waals surface area contributed by atoms with Crippen LogP contribution in [0.15, 0.2) is 71.7 Å². The molecule has 0 aliphatic heterocycles. The Morgan fingerprint density at radius 1 is 0.944 bits per heavy atom. The maximum atomic E-state index is 3.87. The lowest BCUT2D eigenvalue weighted by atomic mass is 9.99. The molecule has 0 radical (unpaired) electrons. The third-order valence-electron chi connectivity index (χ3n) is 2.76. The number of nitrogens with one attached hydrogen (secondary N) is 1. The molecular formula is C16H16BrN. The summed E-state index contributed by atoms with van der Waals surface area (Å²) in [6.07, 6.45) is 0. The summed E-state index contributed by atoms with van der Waals surface area (Å²) in [5.41, 5.74) is 2.52. The van der Waals surface area contributed by atoms with Gasteiger partial charge >= 0.3 is 0 Å². The molecule has 2 aromatic rings. The minimum Gasteiger partial charge on any atom is -0.302 e. The van der Waals surface area contributed by atoms with Crippen LogP contribution in [0, 0.1) is 0 Å². The van der Waals surface area contributed by atoms with Gasteiger partial charge in [-0.15, -0.1) is 0 Å². The molecule has 0 saturated heterocycles. The van der Waals surface area contributed by atoms with Gasteiger partial charge in [-0.3, -0.25) is 0 Å². The van der Waals surface area contributed by atoms with Gasteiger partial charge in [0.25, 0.3) is 0 Å². The van der Waals surface area contributed by atoms with Crippen LogP contribution >= 0.6 is 15.9 Å². The molecule has 0 aliphatic rings. The van der Waals surface area contributed by atoms with Crippen LogP contribution in [-0.4, -0.2) is 6.54 Å². The zero-order valence-corrected chi connectivity index (χ0v) is 11.7. The summed E-state index contributed by atoms with van der Waals surface area (Å²) >= 11 is 3.39. The summed E-state index contributed by atoms with van der Waals surface area (Å²) < 4.78 is 0.958. The van der Waals surface area contributed by atoms with Crippen molar-refractivity contribution in [3.63, 3.8) is 0 Å². The van der Waals surface area contributed by atoms with E-state index in [1.54, 1.807) is 0 Å². The summed E-state index contributed by atoms with van der Waals surface area (Å²) in [6.45, 7) is 4.61. The van der Waals surface area contributed by atoms with Crippen LogP contribution in [-0.2, 0) is 0 Å². The number of benzene rings is 2. The predicted octanol–water partition coefficient (Wildman–Crippen LogP) is 4.27. The van der Waals surface area contributed by atoms with Crippen molar-refractivity contribution in [2.45, 2.75) is 6.04 Å². The van der Waals surface area contributed by atoms with Crippen molar-refractivity contribution in [1.82, 2.24) is 5.32 Å². The highest BCUT2D eigenvalue weighted by Gasteiger charge is 2.12. The fourth-order valence-corrected chi connectivity index (χ4v) is 2.09. The smallest absolute Gasteiger partial charge is 0.0579 e. The highest BCUT2D eigenvalue weighted by molar-refractivity contribution is 9.11. The summed E-state index contributed by atoms with van der Waals surface area (Å²) in [7, 11) is 0. The van der Waals surface area contributed by atoms with Gasteiger partial charge in [-0.2, -0.15) is 0 Å². The van der Waals surface area contributed by atoms with E-state index in [4.69, 9.17) is 0 Å². The number of hydrogen-bond donors (Lipinski definition) is 1. The van der Waals surface area contributed by atoms with Gasteiger partial charge < -0.3 is 5.32 Å². The normalized spacial score (nSPS) is 10.6. The van der Waals surface area contributed by atoms with Gasteiger partial charge in [-0.25, -0.2) is 0 Å². The van der Waals surface area contributed by atoms with Gasteiger partial charge in [-0.1, -0.05) is 83.2 Å². The van der Waals surface area contributed by atoms with E-state index in [-0.39, 0.29) is 6.04 Å². The predicted molar refractivity (Wildman–Crippen MR) is 80.8 cm³/mol. The lowest BCUT2D eigenvalue weighted by molar-refractivity contribution is 0.651. The maximum Gasteiger partial charge on any atom is 0.0579 e. The second-order valence-electron chi connectivity index (χ2n) is 4.15. The Morgan fingerprint density at radius 2 is 1.39 bits per heavy atom. The standard InChI is InChI=1S/C16H16BrN/c1-13(17)12-18-16(14-8-4-2-5-9-14)15-10-6-3-7-11-15/h2-11,16,18H,1,12H2. The van der Waals surface area contributed by atoms with Crippen molar-refractivity contribution in [3.05, 3.63) is 82.9 Å². The van der Waals surface area contributed by atoms with E-state index in [0.29, 0.717) is 0 Å². The van der Waals surface area contributed by atoms with Crippen molar-refractivity contribution >= 4 is 15.9 Å². The molecule has 0 spiro atoms. The van der Waals surface area contributed by atoms with Crippen LogP contribution in [0.1, 0.15) is 17.2 Å². The lowest BCUT2D eigenvalue weighted by Crippen LogP contribution is -2.23. The van der Waals surface area contributed by atoms with E-state index in [1.807, 2.05) is 12.1 Å². The lowest BCUT2D eigenvalue weighted by Gasteiger charge is -2.19. The minimum atomic E-state index is 0.196. The summed E-state index contributed by atoms with van der Waals surface area (Å²) in [5.74, 6) is 0. The van der Waals surface area contributed by atoms with Crippen LogP contribution in [0.25, 0.3) is 0 Å². The van der Waals surface area contributed by atoms with Crippen molar-refractivity contribution < 1.29 is 0 Å². The molecule has 0 amide bonds. The summed E-state index contributed by atoms with van der Waals surface area (Å²) in [6, 6.07) is 21.1. The van der Waals surface area contributed by atoms with E-state index in [1.165, 1.54) is 11.1 Å².